The van der Waals surface area contributed by atoms with E-state index in [1.54, 1.807) is 0 Å². The van der Waals surface area contributed by atoms with Crippen molar-refractivity contribution in [2.75, 3.05) is 0 Å². The summed E-state index contributed by atoms with van der Waals surface area (Å²) in [5, 5.41) is 0. The summed E-state index contributed by atoms with van der Waals surface area (Å²) in [5.41, 5.74) is 3.36. The van der Waals surface area contributed by atoms with E-state index in [1.165, 1.54) is 16.9 Å². The Balaban J connectivity index is 2.47. The van der Waals surface area contributed by atoms with Crippen molar-refractivity contribution in [1.29, 1.82) is 0 Å². The van der Waals surface area contributed by atoms with Gasteiger partial charge in [0.15, 0.2) is 0 Å². The molecule has 0 aliphatic rings. The van der Waals surface area contributed by atoms with Crippen molar-refractivity contribution in [3.05, 3.63) is 54.1 Å². The predicted molar refractivity (Wildman–Crippen MR) is 84.0 cm³/mol. The molecule has 1 aromatic heterocycles. The molecule has 1 atom stereocenters. The van der Waals surface area contributed by atoms with E-state index in [9.17, 15) is 0 Å². The zero-order valence-corrected chi connectivity index (χ0v) is 14.3. The van der Waals surface area contributed by atoms with E-state index in [2.05, 4.69) is 50.9 Å². The van der Waals surface area contributed by atoms with E-state index in [0.717, 1.165) is 19.9 Å². The van der Waals surface area contributed by atoms with Crippen LogP contribution in [0.1, 0.15) is 21.5 Å². The van der Waals surface area contributed by atoms with Crippen molar-refractivity contribution >= 4 is 66.4 Å². The van der Waals surface area contributed by atoms with Gasteiger partial charge in [-0.3, -0.25) is 0 Å². The lowest BCUT2D eigenvalue weighted by Crippen LogP contribution is -1.94. The van der Waals surface area contributed by atoms with Gasteiger partial charge in [-0.05, 0) is 24.1 Å². The largest absolute Gasteiger partial charge is 0.111 e. The first-order chi connectivity index (χ1) is 8.00. The van der Waals surface area contributed by atoms with Crippen molar-refractivity contribution in [2.45, 2.75) is 11.8 Å². The number of aryl methyl sites for hydroxylation is 1. The molecule has 0 bridgehead atoms. The Labute approximate surface area is 131 Å². The van der Waals surface area contributed by atoms with Crippen LogP contribution in [0.4, 0.5) is 0 Å². The topological polar surface area (TPSA) is 0 Å². The van der Waals surface area contributed by atoms with Gasteiger partial charge in [-0.1, -0.05) is 73.3 Å². The zero-order chi connectivity index (χ0) is 12.6. The van der Waals surface area contributed by atoms with E-state index in [1.807, 2.05) is 12.1 Å². The van der Waals surface area contributed by atoms with E-state index in [4.69, 9.17) is 23.2 Å². The number of alkyl halides is 1. The molecule has 0 amide bonds. The van der Waals surface area contributed by atoms with Crippen LogP contribution < -0.4 is 0 Å². The molecule has 0 saturated heterocycles. The maximum absolute atomic E-state index is 6.17. The fourth-order valence-electron chi connectivity index (χ4n) is 1.56. The molecule has 1 heterocycles. The molecule has 0 fully saturated rings. The van der Waals surface area contributed by atoms with Gasteiger partial charge in [0.2, 0.25) is 0 Å². The van der Waals surface area contributed by atoms with Gasteiger partial charge < -0.3 is 0 Å². The molecule has 5 heteroatoms. The van der Waals surface area contributed by atoms with Crippen LogP contribution in [0.25, 0.3) is 0 Å². The molecule has 1 aromatic carbocycles. The van der Waals surface area contributed by atoms with Crippen LogP contribution in [0.3, 0.4) is 0 Å². The molecular formula is C12H8Br2Cl2S. The molecule has 2 aromatic rings. The molecule has 1 unspecified atom stereocenters. The maximum atomic E-state index is 6.17. The minimum atomic E-state index is 0.0491. The van der Waals surface area contributed by atoms with Gasteiger partial charge in [0, 0.05) is 10.0 Å². The normalized spacial score (nSPS) is 12.8. The van der Waals surface area contributed by atoms with E-state index in [-0.39, 0.29) is 4.83 Å². The highest BCUT2D eigenvalue weighted by molar-refractivity contribution is 9.11. The molecule has 0 saturated carbocycles. The third-order valence-corrected chi connectivity index (χ3v) is 6.04. The summed E-state index contributed by atoms with van der Waals surface area (Å²) in [6.45, 7) is 2.06. The standard InChI is InChI=1S/C12H8Br2Cl2S/c1-6-3-2-4-7(10(6)13)11(14)8-5-9(15)17-12(8)16/h2-5,11H,1H3. The summed E-state index contributed by atoms with van der Waals surface area (Å²) >= 11 is 20.8. The second-order valence-corrected chi connectivity index (χ2v) is 7.61. The minimum Gasteiger partial charge on any atom is -0.111 e. The number of hydrogen-bond donors (Lipinski definition) is 0. The Hall–Kier alpha value is 0.460. The molecular weight excluding hydrogens is 407 g/mol. The molecule has 2 rings (SSSR count). The lowest BCUT2D eigenvalue weighted by atomic mass is 10.1. The Morgan fingerprint density at radius 1 is 1.24 bits per heavy atom. The Bertz CT molecular complexity index is 551. The maximum Gasteiger partial charge on any atom is 0.0990 e. The van der Waals surface area contributed by atoms with Crippen LogP contribution in [0.15, 0.2) is 28.7 Å². The first kappa shape index (κ1) is 13.9. The Morgan fingerprint density at radius 2 is 1.94 bits per heavy atom. The van der Waals surface area contributed by atoms with Crippen LogP contribution in [-0.4, -0.2) is 0 Å². The highest BCUT2D eigenvalue weighted by Gasteiger charge is 2.19. The molecule has 17 heavy (non-hydrogen) atoms. The fraction of sp³-hybridized carbons (Fsp3) is 0.167. The molecule has 0 aliphatic heterocycles. The summed E-state index contributed by atoms with van der Waals surface area (Å²) in [6, 6.07) is 8.07. The smallest absolute Gasteiger partial charge is 0.0990 e. The van der Waals surface area contributed by atoms with Gasteiger partial charge in [0.25, 0.3) is 0 Å². The number of halogens is 4. The predicted octanol–water partition coefficient (Wildman–Crippen LogP) is 6.61. The highest BCUT2D eigenvalue weighted by Crippen LogP contribution is 2.43. The number of rotatable bonds is 2. The lowest BCUT2D eigenvalue weighted by molar-refractivity contribution is 1.16. The monoisotopic (exact) mass is 412 g/mol. The van der Waals surface area contributed by atoms with Crippen LogP contribution in [0.5, 0.6) is 0 Å². The van der Waals surface area contributed by atoms with E-state index >= 15 is 0 Å². The summed E-state index contributed by atoms with van der Waals surface area (Å²) in [7, 11) is 0. The number of hydrogen-bond acceptors (Lipinski definition) is 1. The second-order valence-electron chi connectivity index (χ2n) is 3.62. The van der Waals surface area contributed by atoms with Gasteiger partial charge in [-0.2, -0.15) is 0 Å². The average Bonchev–Trinajstić information content (AvgIpc) is 2.61. The summed E-state index contributed by atoms with van der Waals surface area (Å²) in [6.07, 6.45) is 0. The molecule has 0 nitrogen and oxygen atoms in total. The molecule has 90 valence electrons. The third-order valence-electron chi connectivity index (χ3n) is 2.45. The Kier molecular flexibility index (Phi) is 4.59. The van der Waals surface area contributed by atoms with E-state index < -0.39 is 0 Å². The second kappa shape index (κ2) is 5.62. The summed E-state index contributed by atoms with van der Waals surface area (Å²) in [5.74, 6) is 0. The number of benzene rings is 1. The summed E-state index contributed by atoms with van der Waals surface area (Å²) in [4.78, 5) is 0.0491. The summed E-state index contributed by atoms with van der Waals surface area (Å²) < 4.78 is 2.53. The van der Waals surface area contributed by atoms with Gasteiger partial charge in [-0.25, -0.2) is 0 Å². The van der Waals surface area contributed by atoms with Gasteiger partial charge in [-0.15, -0.1) is 11.3 Å². The van der Waals surface area contributed by atoms with Crippen LogP contribution in [-0.2, 0) is 0 Å². The zero-order valence-electron chi connectivity index (χ0n) is 8.81. The van der Waals surface area contributed by atoms with Crippen LogP contribution >= 0.6 is 66.4 Å². The fourth-order valence-corrected chi connectivity index (χ4v) is 4.92. The van der Waals surface area contributed by atoms with Crippen molar-refractivity contribution in [2.24, 2.45) is 0 Å². The quantitative estimate of drug-likeness (QED) is 0.485. The lowest BCUT2D eigenvalue weighted by Gasteiger charge is -2.13. The Morgan fingerprint density at radius 3 is 2.53 bits per heavy atom. The van der Waals surface area contributed by atoms with E-state index in [0.29, 0.717) is 4.34 Å². The van der Waals surface area contributed by atoms with Crippen LogP contribution in [0.2, 0.25) is 8.67 Å². The first-order valence-electron chi connectivity index (χ1n) is 4.84. The minimum absolute atomic E-state index is 0.0491. The molecule has 0 spiro atoms. The van der Waals surface area contributed by atoms with Crippen LogP contribution in [0, 0.1) is 6.92 Å². The van der Waals surface area contributed by atoms with Gasteiger partial charge in [0.1, 0.15) is 0 Å². The van der Waals surface area contributed by atoms with Crippen molar-refractivity contribution < 1.29 is 0 Å². The third kappa shape index (κ3) is 2.90. The molecule has 0 N–H and O–H groups in total. The van der Waals surface area contributed by atoms with Gasteiger partial charge >= 0.3 is 0 Å². The van der Waals surface area contributed by atoms with Crippen molar-refractivity contribution in [1.82, 2.24) is 0 Å². The van der Waals surface area contributed by atoms with Gasteiger partial charge in [0.05, 0.1) is 13.5 Å². The first-order valence-corrected chi connectivity index (χ1v) is 8.12. The molecule has 0 aliphatic carbocycles. The number of thiophene rings is 1. The van der Waals surface area contributed by atoms with Crippen molar-refractivity contribution in [3.63, 3.8) is 0 Å². The average molecular weight is 415 g/mol. The van der Waals surface area contributed by atoms with Crippen molar-refractivity contribution in [3.8, 4) is 0 Å². The molecule has 0 radical (unpaired) electrons. The highest BCUT2D eigenvalue weighted by atomic mass is 79.9. The SMILES string of the molecule is Cc1cccc(C(Br)c2cc(Cl)sc2Cl)c1Br.